The summed E-state index contributed by atoms with van der Waals surface area (Å²) in [4.78, 5) is 2.08. The minimum atomic E-state index is -1.24. The van der Waals surface area contributed by atoms with Gasteiger partial charge in [-0.3, -0.25) is 0 Å². The summed E-state index contributed by atoms with van der Waals surface area (Å²) in [6.07, 6.45) is 0.741. The Bertz CT molecular complexity index is 971. The number of aliphatic hydroxyl groups is 1. The smallest absolute Gasteiger partial charge is 0.121 e. The molecular weight excluding hydrogens is 422 g/mol. The molecule has 0 heterocycles. The molecule has 170 valence electrons. The number of nitrogens with zero attached hydrogens (tertiary/aromatic N) is 1. The molecule has 32 heavy (non-hydrogen) atoms. The average molecular weight is 454 g/mol. The van der Waals surface area contributed by atoms with Crippen LogP contribution >= 0.6 is 11.6 Å². The summed E-state index contributed by atoms with van der Waals surface area (Å²) >= 11 is 6.13. The van der Waals surface area contributed by atoms with Crippen molar-refractivity contribution in [1.29, 1.82) is 0 Å². The second kappa shape index (κ2) is 10.9. The molecule has 0 saturated heterocycles. The van der Waals surface area contributed by atoms with Crippen LogP contribution < -0.4 is 9.47 Å². The molecule has 3 rings (SSSR count). The van der Waals surface area contributed by atoms with Gasteiger partial charge in [0.1, 0.15) is 23.7 Å². The average Bonchev–Trinajstić information content (AvgIpc) is 2.81. The van der Waals surface area contributed by atoms with Gasteiger partial charge in [0.05, 0.1) is 7.11 Å². The highest BCUT2D eigenvalue weighted by atomic mass is 35.5. The third-order valence-electron chi connectivity index (χ3n) is 5.82. The van der Waals surface area contributed by atoms with Gasteiger partial charge in [0.2, 0.25) is 0 Å². The fraction of sp³-hybridized carbons (Fsp3) is 0.333. The van der Waals surface area contributed by atoms with Gasteiger partial charge in [0.25, 0.3) is 0 Å². The van der Waals surface area contributed by atoms with Gasteiger partial charge in [-0.1, -0.05) is 54.9 Å². The molecule has 4 nitrogen and oxygen atoms in total. The molecule has 0 fully saturated rings. The van der Waals surface area contributed by atoms with Crippen molar-refractivity contribution in [2.24, 2.45) is 0 Å². The van der Waals surface area contributed by atoms with E-state index in [1.54, 1.807) is 7.11 Å². The lowest BCUT2D eigenvalue weighted by atomic mass is 9.72. The second-order valence-corrected chi connectivity index (χ2v) is 8.62. The zero-order chi connectivity index (χ0) is 23.1. The van der Waals surface area contributed by atoms with Crippen LogP contribution in [0.4, 0.5) is 0 Å². The summed E-state index contributed by atoms with van der Waals surface area (Å²) < 4.78 is 11.2. The predicted molar refractivity (Wildman–Crippen MR) is 131 cm³/mol. The zero-order valence-corrected chi connectivity index (χ0v) is 20.0. The van der Waals surface area contributed by atoms with Crippen molar-refractivity contribution in [3.05, 3.63) is 94.5 Å². The highest BCUT2D eigenvalue weighted by molar-refractivity contribution is 6.30. The van der Waals surface area contributed by atoms with Crippen LogP contribution in [0, 0.1) is 0 Å². The Morgan fingerprint density at radius 3 is 1.88 bits per heavy atom. The third kappa shape index (κ3) is 5.44. The molecule has 3 aromatic carbocycles. The van der Waals surface area contributed by atoms with Gasteiger partial charge >= 0.3 is 0 Å². The number of ether oxygens (including phenoxy) is 2. The zero-order valence-electron chi connectivity index (χ0n) is 19.2. The molecule has 2 atom stereocenters. The van der Waals surface area contributed by atoms with E-state index in [1.807, 2.05) is 86.9 Å². The van der Waals surface area contributed by atoms with Gasteiger partial charge in [-0.05, 0) is 73.6 Å². The van der Waals surface area contributed by atoms with Crippen molar-refractivity contribution in [2.75, 3.05) is 34.4 Å². The maximum Gasteiger partial charge on any atom is 0.121 e. The van der Waals surface area contributed by atoms with Crippen molar-refractivity contribution in [3.8, 4) is 11.5 Å². The number of hydrogen-bond donors (Lipinski definition) is 1. The number of methoxy groups -OCH3 is 1. The first-order valence-corrected chi connectivity index (χ1v) is 11.3. The normalized spacial score (nSPS) is 14.1. The van der Waals surface area contributed by atoms with Crippen molar-refractivity contribution < 1.29 is 14.6 Å². The molecule has 0 aliphatic carbocycles. The van der Waals surface area contributed by atoms with Crippen LogP contribution in [0.15, 0.2) is 72.8 Å². The van der Waals surface area contributed by atoms with Crippen LogP contribution in [0.25, 0.3) is 0 Å². The van der Waals surface area contributed by atoms with Crippen LogP contribution in [0.2, 0.25) is 5.02 Å². The van der Waals surface area contributed by atoms with Crippen LogP contribution in [-0.2, 0) is 5.60 Å². The first-order chi connectivity index (χ1) is 15.4. The van der Waals surface area contributed by atoms with Crippen LogP contribution in [-0.4, -0.2) is 44.4 Å². The largest absolute Gasteiger partial charge is 0.497 e. The molecule has 0 amide bonds. The lowest BCUT2D eigenvalue weighted by Gasteiger charge is -2.37. The van der Waals surface area contributed by atoms with Crippen molar-refractivity contribution in [1.82, 2.24) is 4.90 Å². The Morgan fingerprint density at radius 2 is 1.41 bits per heavy atom. The molecule has 0 bridgehead atoms. The molecule has 0 aliphatic heterocycles. The lowest BCUT2D eigenvalue weighted by Crippen LogP contribution is -2.34. The summed E-state index contributed by atoms with van der Waals surface area (Å²) in [7, 11) is 5.67. The van der Waals surface area contributed by atoms with Crippen molar-refractivity contribution in [2.45, 2.75) is 24.9 Å². The topological polar surface area (TPSA) is 41.9 Å². The monoisotopic (exact) mass is 453 g/mol. The Labute approximate surface area is 196 Å². The van der Waals surface area contributed by atoms with Crippen molar-refractivity contribution in [3.63, 3.8) is 0 Å². The first kappa shape index (κ1) is 24.1. The van der Waals surface area contributed by atoms with E-state index in [-0.39, 0.29) is 5.92 Å². The van der Waals surface area contributed by atoms with Crippen LogP contribution in [0.3, 0.4) is 0 Å². The standard InChI is InChI=1S/C27H32ClNO3/c1-5-26(20-6-12-23(28)13-7-20)27(30,21-8-14-24(31-4)15-9-21)22-10-16-25(17-11-22)32-19-18-29(2)3/h6-17,26,30H,5,18-19H2,1-4H3. The highest BCUT2D eigenvalue weighted by Crippen LogP contribution is 2.45. The van der Waals surface area contributed by atoms with Crippen LogP contribution in [0.1, 0.15) is 36.0 Å². The molecule has 0 aromatic heterocycles. The van der Waals surface area contributed by atoms with E-state index in [4.69, 9.17) is 21.1 Å². The van der Waals surface area contributed by atoms with E-state index >= 15 is 0 Å². The fourth-order valence-corrected chi connectivity index (χ4v) is 4.16. The third-order valence-corrected chi connectivity index (χ3v) is 6.07. The Hall–Kier alpha value is -2.53. The van der Waals surface area contributed by atoms with Gasteiger partial charge in [0, 0.05) is 17.5 Å². The summed E-state index contributed by atoms with van der Waals surface area (Å²) in [5.41, 5.74) is 1.41. The Kier molecular flexibility index (Phi) is 8.19. The molecule has 0 radical (unpaired) electrons. The summed E-state index contributed by atoms with van der Waals surface area (Å²) in [6, 6.07) is 23.1. The van der Waals surface area contributed by atoms with Gasteiger partial charge < -0.3 is 19.5 Å². The maximum absolute atomic E-state index is 12.3. The SMILES string of the molecule is CCC(c1ccc(Cl)cc1)C(O)(c1ccc(OC)cc1)c1ccc(OCCN(C)C)cc1. The van der Waals surface area contributed by atoms with E-state index in [9.17, 15) is 5.11 Å². The predicted octanol–water partition coefficient (Wildman–Crippen LogP) is 5.72. The number of benzene rings is 3. The number of rotatable bonds is 10. The van der Waals surface area contributed by atoms with E-state index in [0.717, 1.165) is 41.2 Å². The summed E-state index contributed by atoms with van der Waals surface area (Å²) in [5.74, 6) is 1.36. The molecule has 5 heteroatoms. The molecule has 0 aliphatic rings. The van der Waals surface area contributed by atoms with Crippen LogP contribution in [0.5, 0.6) is 11.5 Å². The van der Waals surface area contributed by atoms with E-state index in [1.165, 1.54) is 0 Å². The van der Waals surface area contributed by atoms with Gasteiger partial charge in [-0.15, -0.1) is 0 Å². The van der Waals surface area contributed by atoms with Gasteiger partial charge in [0.15, 0.2) is 0 Å². The van der Waals surface area contributed by atoms with Gasteiger partial charge in [-0.25, -0.2) is 0 Å². The number of hydrogen-bond acceptors (Lipinski definition) is 4. The molecule has 0 spiro atoms. The minimum absolute atomic E-state index is 0.173. The van der Waals surface area contributed by atoms with E-state index < -0.39 is 5.60 Å². The molecule has 0 saturated carbocycles. The maximum atomic E-state index is 12.3. The number of likely N-dealkylation sites (N-methyl/N-ethyl adjacent to an activating group) is 1. The minimum Gasteiger partial charge on any atom is -0.497 e. The first-order valence-electron chi connectivity index (χ1n) is 10.9. The summed E-state index contributed by atoms with van der Waals surface area (Å²) in [5, 5.41) is 13.0. The Balaban J connectivity index is 2.02. The van der Waals surface area contributed by atoms with E-state index in [2.05, 4.69) is 11.8 Å². The summed E-state index contributed by atoms with van der Waals surface area (Å²) in [6.45, 7) is 3.54. The lowest BCUT2D eigenvalue weighted by molar-refractivity contribution is 0.0476. The Morgan fingerprint density at radius 1 is 0.875 bits per heavy atom. The van der Waals surface area contributed by atoms with Crippen molar-refractivity contribution >= 4 is 11.6 Å². The molecular formula is C27H32ClNO3. The van der Waals surface area contributed by atoms with E-state index in [0.29, 0.717) is 11.6 Å². The second-order valence-electron chi connectivity index (χ2n) is 8.18. The molecule has 3 aromatic rings. The fourth-order valence-electron chi connectivity index (χ4n) is 4.03. The quantitative estimate of drug-likeness (QED) is 0.426. The highest BCUT2D eigenvalue weighted by Gasteiger charge is 2.40. The van der Waals surface area contributed by atoms with Gasteiger partial charge in [-0.2, -0.15) is 0 Å². The molecule has 1 N–H and O–H groups in total. The number of halogens is 1. The molecule has 2 unspecified atom stereocenters.